The number of carbonyl (C=O) groups is 2. The Hall–Kier alpha value is -2.76. The lowest BCUT2D eigenvalue weighted by Gasteiger charge is -2.35. The third-order valence-corrected chi connectivity index (χ3v) is 4.95. The molecule has 3 rings (SSSR count). The molecular weight excluding hydrogens is 350 g/mol. The van der Waals surface area contributed by atoms with Crippen LogP contribution in [0, 0.1) is 11.6 Å². The van der Waals surface area contributed by atoms with Crippen LogP contribution in [0.4, 0.5) is 14.5 Å². The summed E-state index contributed by atoms with van der Waals surface area (Å²) >= 11 is 0. The molecule has 4 nitrogen and oxygen atoms in total. The van der Waals surface area contributed by atoms with Crippen molar-refractivity contribution in [1.82, 2.24) is 4.90 Å². The quantitative estimate of drug-likeness (QED) is 0.851. The minimum absolute atomic E-state index is 0.0475. The van der Waals surface area contributed by atoms with E-state index in [0.717, 1.165) is 44.4 Å². The smallest absolute Gasteiger partial charge is 0.255 e. The number of nitrogens with zero attached hydrogens (tertiary/aromatic N) is 1. The molecule has 0 aromatic heterocycles. The van der Waals surface area contributed by atoms with Crippen molar-refractivity contribution >= 4 is 17.5 Å². The molecule has 2 aromatic rings. The predicted octanol–water partition coefficient (Wildman–Crippen LogP) is 4.62. The first-order chi connectivity index (χ1) is 13.0. The van der Waals surface area contributed by atoms with Gasteiger partial charge in [0.25, 0.3) is 11.8 Å². The van der Waals surface area contributed by atoms with E-state index >= 15 is 0 Å². The van der Waals surface area contributed by atoms with Crippen molar-refractivity contribution in [2.45, 2.75) is 38.6 Å². The number of anilines is 1. The number of hydrogen-bond acceptors (Lipinski definition) is 2. The van der Waals surface area contributed by atoms with E-state index in [2.05, 4.69) is 12.2 Å². The standard InChI is InChI=1S/C21H22F2N2O2/c1-2-16-6-3-4-13-25(16)21(27)15-11-9-14(10-12-15)20(26)24-19-17(22)7-5-8-18(19)23/h5,7-12,16H,2-4,6,13H2,1H3,(H,24,26). The first-order valence-corrected chi connectivity index (χ1v) is 9.17. The van der Waals surface area contributed by atoms with Gasteiger partial charge >= 0.3 is 0 Å². The van der Waals surface area contributed by atoms with E-state index in [0.29, 0.717) is 5.56 Å². The molecule has 1 fully saturated rings. The van der Waals surface area contributed by atoms with Crippen molar-refractivity contribution in [2.24, 2.45) is 0 Å². The van der Waals surface area contributed by atoms with Gasteiger partial charge in [-0.2, -0.15) is 0 Å². The topological polar surface area (TPSA) is 49.4 Å². The maximum absolute atomic E-state index is 13.7. The van der Waals surface area contributed by atoms with Crippen LogP contribution in [-0.4, -0.2) is 29.3 Å². The summed E-state index contributed by atoms with van der Waals surface area (Å²) in [7, 11) is 0. The highest BCUT2D eigenvalue weighted by Crippen LogP contribution is 2.23. The van der Waals surface area contributed by atoms with Gasteiger partial charge < -0.3 is 10.2 Å². The molecule has 0 saturated carbocycles. The van der Waals surface area contributed by atoms with Gasteiger partial charge in [-0.25, -0.2) is 8.78 Å². The van der Waals surface area contributed by atoms with Crippen LogP contribution < -0.4 is 5.32 Å². The molecule has 1 aliphatic heterocycles. The molecule has 1 saturated heterocycles. The summed E-state index contributed by atoms with van der Waals surface area (Å²) in [6, 6.07) is 9.76. The van der Waals surface area contributed by atoms with E-state index in [9.17, 15) is 18.4 Å². The highest BCUT2D eigenvalue weighted by molar-refractivity contribution is 6.05. The summed E-state index contributed by atoms with van der Waals surface area (Å²) in [5, 5.41) is 2.24. The van der Waals surface area contributed by atoms with Gasteiger partial charge in [-0.1, -0.05) is 13.0 Å². The minimum Gasteiger partial charge on any atom is -0.336 e. The van der Waals surface area contributed by atoms with Gasteiger partial charge in [-0.05, 0) is 62.1 Å². The van der Waals surface area contributed by atoms with Gasteiger partial charge in [-0.15, -0.1) is 0 Å². The molecule has 142 valence electrons. The molecule has 0 spiro atoms. The zero-order valence-corrected chi connectivity index (χ0v) is 15.2. The van der Waals surface area contributed by atoms with Crippen molar-refractivity contribution < 1.29 is 18.4 Å². The third kappa shape index (κ3) is 4.15. The molecular formula is C21H22F2N2O2. The van der Waals surface area contributed by atoms with Crippen LogP contribution in [0.15, 0.2) is 42.5 Å². The van der Waals surface area contributed by atoms with Crippen LogP contribution in [0.3, 0.4) is 0 Å². The largest absolute Gasteiger partial charge is 0.336 e. The number of hydrogen-bond donors (Lipinski definition) is 1. The van der Waals surface area contributed by atoms with Crippen LogP contribution in [0.2, 0.25) is 0 Å². The van der Waals surface area contributed by atoms with Crippen LogP contribution in [0.25, 0.3) is 0 Å². The number of rotatable bonds is 4. The average Bonchev–Trinajstić information content (AvgIpc) is 2.70. The van der Waals surface area contributed by atoms with E-state index in [1.165, 1.54) is 18.2 Å². The Bertz CT molecular complexity index is 816. The summed E-state index contributed by atoms with van der Waals surface area (Å²) in [6.45, 7) is 2.82. The molecule has 2 amide bonds. The second-order valence-electron chi connectivity index (χ2n) is 6.68. The monoisotopic (exact) mass is 372 g/mol. The summed E-state index contributed by atoms with van der Waals surface area (Å²) < 4.78 is 27.3. The molecule has 1 aliphatic rings. The summed E-state index contributed by atoms with van der Waals surface area (Å²) in [4.78, 5) is 26.9. The summed E-state index contributed by atoms with van der Waals surface area (Å²) in [5.41, 5.74) is 0.241. The Morgan fingerprint density at radius 3 is 2.30 bits per heavy atom. The molecule has 6 heteroatoms. The van der Waals surface area contributed by atoms with E-state index < -0.39 is 23.2 Å². The van der Waals surface area contributed by atoms with Crippen molar-refractivity contribution in [3.63, 3.8) is 0 Å². The SMILES string of the molecule is CCC1CCCCN1C(=O)c1ccc(C(=O)Nc2c(F)cccc2F)cc1. The Balaban J connectivity index is 1.73. The lowest BCUT2D eigenvalue weighted by molar-refractivity contribution is 0.0607. The summed E-state index contributed by atoms with van der Waals surface area (Å²) in [5.74, 6) is -2.37. The van der Waals surface area contributed by atoms with E-state index in [1.54, 1.807) is 12.1 Å². The highest BCUT2D eigenvalue weighted by atomic mass is 19.1. The summed E-state index contributed by atoms with van der Waals surface area (Å²) in [6.07, 6.45) is 4.06. The van der Waals surface area contributed by atoms with Gasteiger partial charge in [0.2, 0.25) is 0 Å². The Morgan fingerprint density at radius 1 is 1.04 bits per heavy atom. The van der Waals surface area contributed by atoms with Gasteiger partial charge in [0, 0.05) is 23.7 Å². The molecule has 2 aromatic carbocycles. The maximum atomic E-state index is 13.7. The zero-order valence-electron chi connectivity index (χ0n) is 15.2. The first kappa shape index (κ1) is 19.0. The second-order valence-corrected chi connectivity index (χ2v) is 6.68. The van der Waals surface area contributed by atoms with E-state index in [1.807, 2.05) is 4.90 Å². The third-order valence-electron chi connectivity index (χ3n) is 4.95. The zero-order chi connectivity index (χ0) is 19.4. The van der Waals surface area contributed by atoms with Gasteiger partial charge in [0.1, 0.15) is 17.3 Å². The Labute approximate surface area is 157 Å². The molecule has 27 heavy (non-hydrogen) atoms. The van der Waals surface area contributed by atoms with Crippen molar-refractivity contribution in [2.75, 3.05) is 11.9 Å². The number of para-hydroxylation sites is 1. The number of carbonyl (C=O) groups excluding carboxylic acids is 2. The van der Waals surface area contributed by atoms with Crippen LogP contribution >= 0.6 is 0 Å². The van der Waals surface area contributed by atoms with Gasteiger partial charge in [0.15, 0.2) is 0 Å². The van der Waals surface area contributed by atoms with Crippen LogP contribution in [0.1, 0.15) is 53.3 Å². The van der Waals surface area contributed by atoms with Crippen LogP contribution in [-0.2, 0) is 0 Å². The molecule has 0 bridgehead atoms. The number of benzene rings is 2. The maximum Gasteiger partial charge on any atom is 0.255 e. The lowest BCUT2D eigenvalue weighted by atomic mass is 9.98. The number of likely N-dealkylation sites (tertiary alicyclic amines) is 1. The fraction of sp³-hybridized carbons (Fsp3) is 0.333. The highest BCUT2D eigenvalue weighted by Gasteiger charge is 2.26. The number of halogens is 2. The Kier molecular flexibility index (Phi) is 5.84. The molecule has 0 aliphatic carbocycles. The molecule has 0 radical (unpaired) electrons. The Morgan fingerprint density at radius 2 is 1.67 bits per heavy atom. The van der Waals surface area contributed by atoms with Gasteiger partial charge in [-0.3, -0.25) is 9.59 Å². The fourth-order valence-electron chi connectivity index (χ4n) is 3.43. The first-order valence-electron chi connectivity index (χ1n) is 9.17. The van der Waals surface area contributed by atoms with E-state index in [-0.39, 0.29) is 17.5 Å². The molecule has 1 atom stereocenters. The van der Waals surface area contributed by atoms with E-state index in [4.69, 9.17) is 0 Å². The minimum atomic E-state index is -0.842. The van der Waals surface area contributed by atoms with Crippen molar-refractivity contribution in [3.05, 3.63) is 65.2 Å². The average molecular weight is 372 g/mol. The molecule has 1 heterocycles. The molecule has 1 N–H and O–H groups in total. The fourth-order valence-corrected chi connectivity index (χ4v) is 3.43. The predicted molar refractivity (Wildman–Crippen MR) is 99.7 cm³/mol. The van der Waals surface area contributed by atoms with Crippen molar-refractivity contribution in [3.8, 4) is 0 Å². The van der Waals surface area contributed by atoms with Gasteiger partial charge in [0.05, 0.1) is 0 Å². The van der Waals surface area contributed by atoms with Crippen LogP contribution in [0.5, 0.6) is 0 Å². The number of amides is 2. The molecule has 1 unspecified atom stereocenters. The number of nitrogens with one attached hydrogen (secondary N) is 1. The number of piperidine rings is 1. The second kappa shape index (κ2) is 8.29. The van der Waals surface area contributed by atoms with Crippen molar-refractivity contribution in [1.29, 1.82) is 0 Å². The normalized spacial score (nSPS) is 16.9. The lowest BCUT2D eigenvalue weighted by Crippen LogP contribution is -2.43.